The highest BCUT2D eigenvalue weighted by molar-refractivity contribution is 6.30. The summed E-state index contributed by atoms with van der Waals surface area (Å²) >= 11 is 5.92. The van der Waals surface area contributed by atoms with Crippen molar-refractivity contribution in [1.82, 2.24) is 14.7 Å². The Morgan fingerprint density at radius 2 is 1.85 bits per heavy atom. The molecule has 0 bridgehead atoms. The van der Waals surface area contributed by atoms with Crippen LogP contribution in [0, 0.1) is 0 Å². The topological polar surface area (TPSA) is 47.4 Å². The van der Waals surface area contributed by atoms with Crippen LogP contribution >= 0.6 is 11.6 Å². The predicted octanol–water partition coefficient (Wildman–Crippen LogP) is 4.07. The van der Waals surface area contributed by atoms with Gasteiger partial charge in [0, 0.05) is 24.3 Å². The number of carbonyl (C=O) groups excluding carboxylic acids is 1. The van der Waals surface area contributed by atoms with E-state index in [1.165, 1.54) is 0 Å². The maximum atomic E-state index is 12.8. The molecular formula is C21H18ClN3O2. The molecule has 3 aromatic rings. The number of rotatable bonds is 4. The molecule has 0 radical (unpaired) electrons. The summed E-state index contributed by atoms with van der Waals surface area (Å²) in [4.78, 5) is 14.6. The molecule has 1 amide bonds. The molecule has 0 N–H and O–H groups in total. The van der Waals surface area contributed by atoms with E-state index in [2.05, 4.69) is 11.2 Å². The molecule has 1 aliphatic heterocycles. The SMILES string of the molecule is COc1ccc(C2=CCN(C(=O)c3cnn(-c4ccc(Cl)cc4)c3)C2)cc1. The number of methoxy groups -OCH3 is 1. The summed E-state index contributed by atoms with van der Waals surface area (Å²) in [6.07, 6.45) is 5.43. The van der Waals surface area contributed by atoms with Crippen LogP contribution in [0.1, 0.15) is 15.9 Å². The average molecular weight is 380 g/mol. The highest BCUT2D eigenvalue weighted by atomic mass is 35.5. The molecule has 0 spiro atoms. The Hall–Kier alpha value is -3.05. The van der Waals surface area contributed by atoms with Gasteiger partial charge >= 0.3 is 0 Å². The number of benzene rings is 2. The van der Waals surface area contributed by atoms with Crippen LogP contribution in [0.2, 0.25) is 5.02 Å². The molecule has 0 unspecified atom stereocenters. The number of ether oxygens (including phenoxy) is 1. The quantitative estimate of drug-likeness (QED) is 0.686. The summed E-state index contributed by atoms with van der Waals surface area (Å²) in [7, 11) is 1.65. The van der Waals surface area contributed by atoms with Crippen molar-refractivity contribution >= 4 is 23.1 Å². The minimum Gasteiger partial charge on any atom is -0.497 e. The van der Waals surface area contributed by atoms with Crippen LogP contribution in [0.5, 0.6) is 5.75 Å². The van der Waals surface area contributed by atoms with Gasteiger partial charge in [-0.05, 0) is 47.5 Å². The fraction of sp³-hybridized carbons (Fsp3) is 0.143. The van der Waals surface area contributed by atoms with E-state index >= 15 is 0 Å². The van der Waals surface area contributed by atoms with Gasteiger partial charge in [-0.3, -0.25) is 4.79 Å². The summed E-state index contributed by atoms with van der Waals surface area (Å²) in [6.45, 7) is 1.17. The van der Waals surface area contributed by atoms with Gasteiger partial charge in [0.1, 0.15) is 5.75 Å². The first-order valence-corrected chi connectivity index (χ1v) is 8.95. The lowest BCUT2D eigenvalue weighted by atomic mass is 10.1. The van der Waals surface area contributed by atoms with Gasteiger partial charge in [-0.25, -0.2) is 4.68 Å². The van der Waals surface area contributed by atoms with Crippen LogP contribution < -0.4 is 4.74 Å². The smallest absolute Gasteiger partial charge is 0.257 e. The Bertz CT molecular complexity index is 991. The van der Waals surface area contributed by atoms with Crippen LogP contribution in [0.25, 0.3) is 11.3 Å². The van der Waals surface area contributed by atoms with E-state index in [9.17, 15) is 4.79 Å². The third kappa shape index (κ3) is 3.59. The summed E-state index contributed by atoms with van der Waals surface area (Å²) in [5.74, 6) is 0.787. The zero-order valence-corrected chi connectivity index (χ0v) is 15.6. The molecule has 5 nitrogen and oxygen atoms in total. The first kappa shape index (κ1) is 17.4. The van der Waals surface area contributed by atoms with Crippen LogP contribution in [0.4, 0.5) is 0 Å². The van der Waals surface area contributed by atoms with Crippen molar-refractivity contribution in [2.45, 2.75) is 0 Å². The lowest BCUT2D eigenvalue weighted by molar-refractivity contribution is 0.0801. The summed E-state index contributed by atoms with van der Waals surface area (Å²) < 4.78 is 6.87. The molecule has 0 aliphatic carbocycles. The Morgan fingerprint density at radius 3 is 2.56 bits per heavy atom. The van der Waals surface area contributed by atoms with E-state index < -0.39 is 0 Å². The lowest BCUT2D eigenvalue weighted by Gasteiger charge is -2.15. The summed E-state index contributed by atoms with van der Waals surface area (Å²) in [5.41, 5.74) is 3.66. The minimum atomic E-state index is -0.0324. The van der Waals surface area contributed by atoms with Crippen molar-refractivity contribution in [1.29, 1.82) is 0 Å². The molecule has 136 valence electrons. The fourth-order valence-electron chi connectivity index (χ4n) is 3.07. The molecule has 0 saturated heterocycles. The van der Waals surface area contributed by atoms with Crippen molar-refractivity contribution in [3.05, 3.63) is 83.2 Å². The van der Waals surface area contributed by atoms with E-state index in [4.69, 9.17) is 16.3 Å². The van der Waals surface area contributed by atoms with Crippen LogP contribution in [-0.4, -0.2) is 40.8 Å². The van der Waals surface area contributed by atoms with Gasteiger partial charge < -0.3 is 9.64 Å². The zero-order valence-electron chi connectivity index (χ0n) is 14.8. The predicted molar refractivity (Wildman–Crippen MR) is 105 cm³/mol. The first-order chi connectivity index (χ1) is 13.1. The van der Waals surface area contributed by atoms with Crippen molar-refractivity contribution in [2.75, 3.05) is 20.2 Å². The normalized spacial score (nSPS) is 13.6. The largest absolute Gasteiger partial charge is 0.497 e. The monoisotopic (exact) mass is 379 g/mol. The van der Waals surface area contributed by atoms with Crippen LogP contribution in [0.3, 0.4) is 0 Å². The lowest BCUT2D eigenvalue weighted by Crippen LogP contribution is -2.28. The molecule has 6 heteroatoms. The van der Waals surface area contributed by atoms with Gasteiger partial charge in [-0.15, -0.1) is 0 Å². The Kier molecular flexibility index (Phi) is 4.69. The number of nitrogens with zero attached hydrogens (tertiary/aromatic N) is 3. The molecular weight excluding hydrogens is 362 g/mol. The highest BCUT2D eigenvalue weighted by Gasteiger charge is 2.23. The molecule has 2 aromatic carbocycles. The third-order valence-corrected chi connectivity index (χ3v) is 4.84. The van der Waals surface area contributed by atoms with Gasteiger partial charge in [0.05, 0.1) is 24.6 Å². The molecule has 27 heavy (non-hydrogen) atoms. The van der Waals surface area contributed by atoms with Gasteiger partial charge in [-0.2, -0.15) is 5.10 Å². The summed E-state index contributed by atoms with van der Waals surface area (Å²) in [5, 5.41) is 4.96. The number of hydrogen-bond acceptors (Lipinski definition) is 3. The second-order valence-corrected chi connectivity index (χ2v) is 6.73. The molecule has 2 heterocycles. The molecule has 0 atom stereocenters. The van der Waals surface area contributed by atoms with Gasteiger partial charge in [0.2, 0.25) is 0 Å². The number of hydrogen-bond donors (Lipinski definition) is 0. The molecule has 0 saturated carbocycles. The Labute approximate surface area is 162 Å². The van der Waals surface area contributed by atoms with Crippen molar-refractivity contribution in [3.63, 3.8) is 0 Å². The van der Waals surface area contributed by atoms with Crippen molar-refractivity contribution < 1.29 is 9.53 Å². The van der Waals surface area contributed by atoms with Gasteiger partial charge in [0.15, 0.2) is 0 Å². The number of amides is 1. The van der Waals surface area contributed by atoms with E-state index in [1.807, 2.05) is 41.3 Å². The summed E-state index contributed by atoms with van der Waals surface area (Å²) in [6, 6.07) is 15.2. The molecule has 1 aliphatic rings. The Morgan fingerprint density at radius 1 is 1.11 bits per heavy atom. The van der Waals surface area contributed by atoms with E-state index in [1.54, 1.807) is 36.3 Å². The zero-order chi connectivity index (χ0) is 18.8. The average Bonchev–Trinajstić information content (AvgIpc) is 3.38. The second kappa shape index (κ2) is 7.29. The van der Waals surface area contributed by atoms with Gasteiger partial charge in [-0.1, -0.05) is 29.8 Å². The standard InChI is InChI=1S/C21H18ClN3O2/c1-27-20-8-2-15(3-9-20)16-10-11-24(13-16)21(26)17-12-23-25(14-17)19-6-4-18(22)5-7-19/h2-10,12,14H,11,13H2,1H3. The Balaban J connectivity index is 1.46. The van der Waals surface area contributed by atoms with Crippen molar-refractivity contribution in [3.8, 4) is 11.4 Å². The minimum absolute atomic E-state index is 0.0324. The number of carbonyl (C=O) groups is 1. The third-order valence-electron chi connectivity index (χ3n) is 4.59. The highest BCUT2D eigenvalue weighted by Crippen LogP contribution is 2.24. The second-order valence-electron chi connectivity index (χ2n) is 6.29. The van der Waals surface area contributed by atoms with Crippen LogP contribution in [-0.2, 0) is 0 Å². The maximum Gasteiger partial charge on any atom is 0.257 e. The number of aromatic nitrogens is 2. The van der Waals surface area contributed by atoms with E-state index in [0.29, 0.717) is 23.7 Å². The first-order valence-electron chi connectivity index (χ1n) is 8.57. The molecule has 0 fully saturated rings. The van der Waals surface area contributed by atoms with Crippen molar-refractivity contribution in [2.24, 2.45) is 0 Å². The van der Waals surface area contributed by atoms with E-state index in [0.717, 1.165) is 22.6 Å². The molecule has 4 rings (SSSR count). The van der Waals surface area contributed by atoms with Crippen LogP contribution in [0.15, 0.2) is 67.0 Å². The van der Waals surface area contributed by atoms with E-state index in [-0.39, 0.29) is 5.91 Å². The molecule has 1 aromatic heterocycles. The van der Waals surface area contributed by atoms with Gasteiger partial charge in [0.25, 0.3) is 5.91 Å². The number of halogens is 1. The fourth-order valence-corrected chi connectivity index (χ4v) is 3.20. The maximum absolute atomic E-state index is 12.8.